The van der Waals surface area contributed by atoms with Crippen LogP contribution in [0.25, 0.3) is 0 Å². The van der Waals surface area contributed by atoms with Crippen molar-refractivity contribution in [2.24, 2.45) is 0 Å². The van der Waals surface area contributed by atoms with Gasteiger partial charge in [0.15, 0.2) is 0 Å². The molecule has 3 rings (SSSR count). The lowest BCUT2D eigenvalue weighted by atomic mass is 10.1. The predicted molar refractivity (Wildman–Crippen MR) is 132 cm³/mol. The van der Waals surface area contributed by atoms with Crippen LogP contribution in [-0.4, -0.2) is 44.8 Å². The van der Waals surface area contributed by atoms with E-state index < -0.39 is 28.4 Å². The first-order valence-electron chi connectivity index (χ1n) is 10.2. The minimum absolute atomic E-state index is 0.00733. The molecule has 1 amide bonds. The van der Waals surface area contributed by atoms with E-state index in [0.717, 1.165) is 9.87 Å². The van der Waals surface area contributed by atoms with Gasteiger partial charge in [-0.2, -0.15) is 4.31 Å². The van der Waals surface area contributed by atoms with Gasteiger partial charge >= 0.3 is 5.97 Å². The Morgan fingerprint density at radius 3 is 2.29 bits per heavy atom. The van der Waals surface area contributed by atoms with Gasteiger partial charge in [0.05, 0.1) is 24.2 Å². The number of esters is 1. The minimum atomic E-state index is -4.14. The van der Waals surface area contributed by atoms with E-state index in [-0.39, 0.29) is 21.5 Å². The number of nitrogens with zero attached hydrogens (tertiary/aromatic N) is 1. The molecule has 0 spiro atoms. The maximum Gasteiger partial charge on any atom is 0.337 e. The van der Waals surface area contributed by atoms with Crippen molar-refractivity contribution < 1.29 is 22.7 Å². The van der Waals surface area contributed by atoms with Gasteiger partial charge in [-0.1, -0.05) is 53.5 Å². The summed E-state index contributed by atoms with van der Waals surface area (Å²) < 4.78 is 32.6. The minimum Gasteiger partial charge on any atom is -0.465 e. The summed E-state index contributed by atoms with van der Waals surface area (Å²) in [5, 5.41) is 2.86. The highest BCUT2D eigenvalue weighted by Gasteiger charge is 2.29. The average Bonchev–Trinajstić information content (AvgIpc) is 2.83. The molecule has 0 fully saturated rings. The first-order chi connectivity index (χ1) is 16.2. The Morgan fingerprint density at radius 1 is 0.971 bits per heavy atom. The summed E-state index contributed by atoms with van der Waals surface area (Å²) in [5.41, 5.74) is 1.64. The smallest absolute Gasteiger partial charge is 0.337 e. The van der Waals surface area contributed by atoms with E-state index in [9.17, 15) is 18.0 Å². The maximum absolute atomic E-state index is 13.4. The number of hydrogen-bond acceptors (Lipinski definition) is 5. The summed E-state index contributed by atoms with van der Waals surface area (Å²) in [6, 6.07) is 19.5. The van der Waals surface area contributed by atoms with Crippen LogP contribution < -0.4 is 5.32 Å². The second-order valence-corrected chi connectivity index (χ2v) is 10.0. The number of carbonyl (C=O) groups is 2. The average molecular weight is 521 g/mol. The number of ether oxygens (including phenoxy) is 1. The molecular weight excluding hydrogens is 499 g/mol. The Kier molecular flexibility index (Phi) is 8.68. The molecule has 7 nitrogen and oxygen atoms in total. The van der Waals surface area contributed by atoms with Gasteiger partial charge in [0.2, 0.25) is 15.9 Å². The zero-order valence-corrected chi connectivity index (χ0v) is 20.5. The van der Waals surface area contributed by atoms with Gasteiger partial charge in [0.25, 0.3) is 0 Å². The molecule has 0 unspecified atom stereocenters. The van der Waals surface area contributed by atoms with E-state index in [2.05, 4.69) is 10.1 Å². The second kappa shape index (κ2) is 11.5. The molecular formula is C24H22Cl2N2O5S. The van der Waals surface area contributed by atoms with Crippen molar-refractivity contribution in [1.29, 1.82) is 0 Å². The number of anilines is 1. The molecule has 0 saturated carbocycles. The van der Waals surface area contributed by atoms with Crippen LogP contribution in [0, 0.1) is 0 Å². The molecule has 10 heteroatoms. The second-order valence-electron chi connectivity index (χ2n) is 7.27. The molecule has 0 saturated heterocycles. The topological polar surface area (TPSA) is 92.8 Å². The van der Waals surface area contributed by atoms with Crippen LogP contribution in [-0.2, 0) is 26.0 Å². The predicted octanol–water partition coefficient (Wildman–Crippen LogP) is 4.65. The van der Waals surface area contributed by atoms with Gasteiger partial charge in [-0.15, -0.1) is 0 Å². The number of hydrogen-bond donors (Lipinski definition) is 1. The van der Waals surface area contributed by atoms with Crippen LogP contribution in [0.5, 0.6) is 0 Å². The number of halogens is 2. The van der Waals surface area contributed by atoms with Crippen molar-refractivity contribution in [3.05, 3.63) is 94.0 Å². The van der Waals surface area contributed by atoms with Gasteiger partial charge in [-0.25, -0.2) is 13.2 Å². The lowest BCUT2D eigenvalue weighted by molar-refractivity contribution is -0.116. The van der Waals surface area contributed by atoms with Gasteiger partial charge in [-0.05, 0) is 54.4 Å². The number of rotatable bonds is 9. The van der Waals surface area contributed by atoms with Crippen molar-refractivity contribution in [1.82, 2.24) is 4.31 Å². The third-order valence-corrected chi connectivity index (χ3v) is 7.48. The molecule has 0 aliphatic heterocycles. The summed E-state index contributed by atoms with van der Waals surface area (Å²) in [6.45, 7) is -0.402. The Morgan fingerprint density at radius 2 is 1.65 bits per heavy atom. The lowest BCUT2D eigenvalue weighted by Gasteiger charge is -2.22. The van der Waals surface area contributed by atoms with Crippen LogP contribution in [0.4, 0.5) is 5.69 Å². The number of benzene rings is 3. The highest BCUT2D eigenvalue weighted by Crippen LogP contribution is 2.28. The van der Waals surface area contributed by atoms with Crippen LogP contribution >= 0.6 is 23.2 Å². The molecule has 0 bridgehead atoms. The van der Waals surface area contributed by atoms with Crippen molar-refractivity contribution in [2.75, 3.05) is 25.5 Å². The monoisotopic (exact) mass is 520 g/mol. The zero-order chi connectivity index (χ0) is 24.7. The summed E-state index contributed by atoms with van der Waals surface area (Å²) in [5.74, 6) is -1.06. The largest absolute Gasteiger partial charge is 0.465 e. The van der Waals surface area contributed by atoms with Crippen LogP contribution in [0.3, 0.4) is 0 Å². The first kappa shape index (κ1) is 25.7. The quantitative estimate of drug-likeness (QED) is 0.414. The number of amides is 1. The molecule has 3 aromatic carbocycles. The lowest BCUT2D eigenvalue weighted by Crippen LogP contribution is -2.39. The zero-order valence-electron chi connectivity index (χ0n) is 18.2. The van der Waals surface area contributed by atoms with Crippen molar-refractivity contribution in [2.45, 2.75) is 11.3 Å². The number of sulfonamides is 1. The fourth-order valence-electron chi connectivity index (χ4n) is 3.16. The van der Waals surface area contributed by atoms with Crippen LogP contribution in [0.15, 0.2) is 77.7 Å². The number of carbonyl (C=O) groups excluding carboxylic acids is 2. The fourth-order valence-corrected chi connectivity index (χ4v) is 5.30. The Labute approximate surface area is 208 Å². The highest BCUT2D eigenvalue weighted by molar-refractivity contribution is 7.89. The molecule has 34 heavy (non-hydrogen) atoms. The van der Waals surface area contributed by atoms with E-state index >= 15 is 0 Å². The van der Waals surface area contributed by atoms with Gasteiger partial charge in [0, 0.05) is 17.3 Å². The summed E-state index contributed by atoms with van der Waals surface area (Å²) in [6.07, 6.45) is 0.388. The van der Waals surface area contributed by atoms with E-state index in [1.165, 1.54) is 49.6 Å². The normalized spacial score (nSPS) is 11.3. The van der Waals surface area contributed by atoms with Gasteiger partial charge in [0.1, 0.15) is 4.90 Å². The fraction of sp³-hybridized carbons (Fsp3) is 0.167. The third-order valence-electron chi connectivity index (χ3n) is 4.91. The molecule has 3 aromatic rings. The standard InChI is InChI=1S/C24H22Cl2N2O5S/c1-33-24(30)18-7-10-20(11-8-18)27-23(29)16-28(14-13-17-5-3-2-4-6-17)34(31,32)22-15-19(25)9-12-21(22)26/h2-12,15H,13-14,16H2,1H3,(H,27,29). The molecule has 178 valence electrons. The SMILES string of the molecule is COC(=O)c1ccc(NC(=O)CN(CCc2ccccc2)S(=O)(=O)c2cc(Cl)ccc2Cl)cc1. The summed E-state index contributed by atoms with van der Waals surface area (Å²) in [7, 11) is -2.87. The first-order valence-corrected chi connectivity index (χ1v) is 12.4. The molecule has 0 aliphatic rings. The molecule has 1 N–H and O–H groups in total. The maximum atomic E-state index is 13.4. The van der Waals surface area contributed by atoms with Crippen LogP contribution in [0.1, 0.15) is 15.9 Å². The van der Waals surface area contributed by atoms with Crippen LogP contribution in [0.2, 0.25) is 10.0 Å². The highest BCUT2D eigenvalue weighted by atomic mass is 35.5. The Balaban J connectivity index is 1.82. The van der Waals surface area contributed by atoms with Crippen molar-refractivity contribution >= 4 is 50.8 Å². The van der Waals surface area contributed by atoms with E-state index in [1.807, 2.05) is 30.3 Å². The van der Waals surface area contributed by atoms with E-state index in [4.69, 9.17) is 23.2 Å². The van der Waals surface area contributed by atoms with Crippen molar-refractivity contribution in [3.63, 3.8) is 0 Å². The third kappa shape index (κ3) is 6.57. The Hall–Kier alpha value is -2.91. The molecule has 0 atom stereocenters. The molecule has 0 radical (unpaired) electrons. The molecule has 0 aliphatic carbocycles. The molecule has 0 heterocycles. The number of nitrogens with one attached hydrogen (secondary N) is 1. The summed E-state index contributed by atoms with van der Waals surface area (Å²) in [4.78, 5) is 24.2. The van der Waals surface area contributed by atoms with E-state index in [0.29, 0.717) is 17.7 Å². The Bertz CT molecular complexity index is 1270. The van der Waals surface area contributed by atoms with Gasteiger partial charge < -0.3 is 10.1 Å². The number of methoxy groups -OCH3 is 1. The van der Waals surface area contributed by atoms with Crippen molar-refractivity contribution in [3.8, 4) is 0 Å². The van der Waals surface area contributed by atoms with Gasteiger partial charge in [-0.3, -0.25) is 4.79 Å². The molecule has 0 aromatic heterocycles. The van der Waals surface area contributed by atoms with E-state index in [1.54, 1.807) is 0 Å². The summed E-state index contributed by atoms with van der Waals surface area (Å²) >= 11 is 12.2.